The minimum absolute atomic E-state index is 0.230. The molecule has 0 aliphatic carbocycles. The van der Waals surface area contributed by atoms with Crippen LogP contribution >= 0.6 is 0 Å². The van der Waals surface area contributed by atoms with Gasteiger partial charge in [-0.25, -0.2) is 0 Å². The summed E-state index contributed by atoms with van der Waals surface area (Å²) in [6, 6.07) is 2.22. The molecular formula is C12H22N2O. The topological polar surface area (TPSA) is 51.2 Å². The summed E-state index contributed by atoms with van der Waals surface area (Å²) in [6.07, 6.45) is -0.566. The summed E-state index contributed by atoms with van der Waals surface area (Å²) in [6.45, 7) is 10.2. The molecule has 0 aliphatic rings. The molecule has 0 bridgehead atoms. The van der Waals surface area contributed by atoms with Crippen LogP contribution in [0.4, 0.5) is 0 Å². The van der Waals surface area contributed by atoms with Gasteiger partial charge in [0.1, 0.15) is 0 Å². The first-order valence-electron chi connectivity index (χ1n) is 5.48. The molecule has 0 aromatic carbocycles. The van der Waals surface area contributed by atoms with Gasteiger partial charge in [-0.1, -0.05) is 0 Å². The highest BCUT2D eigenvalue weighted by atomic mass is 16.3. The predicted octanol–water partition coefficient (Wildman–Crippen LogP) is 2.07. The summed E-state index contributed by atoms with van der Waals surface area (Å²) in [4.78, 5) is 0. The second kappa shape index (κ2) is 4.37. The van der Waals surface area contributed by atoms with E-state index in [-0.39, 0.29) is 6.04 Å². The van der Waals surface area contributed by atoms with E-state index in [0.29, 0.717) is 6.04 Å². The number of nitrogens with zero attached hydrogens (tertiary/aromatic N) is 1. The largest absolute Gasteiger partial charge is 0.387 e. The molecule has 15 heavy (non-hydrogen) atoms. The highest BCUT2D eigenvalue weighted by molar-refractivity contribution is 5.30. The Morgan fingerprint density at radius 1 is 1.27 bits per heavy atom. The van der Waals surface area contributed by atoms with Gasteiger partial charge in [0.05, 0.1) is 6.10 Å². The monoisotopic (exact) mass is 210 g/mol. The number of aromatic nitrogens is 1. The molecular weight excluding hydrogens is 188 g/mol. The van der Waals surface area contributed by atoms with Crippen molar-refractivity contribution in [2.75, 3.05) is 0 Å². The second-order valence-electron chi connectivity index (χ2n) is 4.59. The first kappa shape index (κ1) is 12.3. The number of aliphatic hydroxyl groups is 1. The number of rotatable bonds is 3. The van der Waals surface area contributed by atoms with Gasteiger partial charge >= 0.3 is 0 Å². The molecule has 0 radical (unpaired) electrons. The van der Waals surface area contributed by atoms with Gasteiger partial charge in [-0.2, -0.15) is 0 Å². The van der Waals surface area contributed by atoms with Crippen LogP contribution < -0.4 is 5.73 Å². The molecule has 1 aromatic heterocycles. The van der Waals surface area contributed by atoms with Crippen LogP contribution in [0.1, 0.15) is 49.9 Å². The fraction of sp³-hybridized carbons (Fsp3) is 0.667. The molecule has 0 amide bonds. The molecule has 1 heterocycles. The molecule has 0 saturated carbocycles. The Labute approximate surface area is 91.9 Å². The van der Waals surface area contributed by atoms with Crippen molar-refractivity contribution in [1.82, 2.24) is 4.57 Å². The first-order valence-corrected chi connectivity index (χ1v) is 5.48. The maximum atomic E-state index is 9.96. The third-order valence-electron chi connectivity index (χ3n) is 2.86. The summed E-state index contributed by atoms with van der Waals surface area (Å²) in [7, 11) is 0. The molecule has 0 aliphatic heterocycles. The van der Waals surface area contributed by atoms with E-state index in [2.05, 4.69) is 25.3 Å². The molecule has 2 atom stereocenters. The van der Waals surface area contributed by atoms with Gasteiger partial charge in [0.2, 0.25) is 0 Å². The number of hydrogen-bond acceptors (Lipinski definition) is 2. The Balaban J connectivity index is 3.17. The summed E-state index contributed by atoms with van der Waals surface area (Å²) in [5.74, 6) is 0. The lowest BCUT2D eigenvalue weighted by molar-refractivity contribution is 0.152. The average Bonchev–Trinajstić information content (AvgIpc) is 2.40. The minimum atomic E-state index is -0.566. The number of nitrogens with two attached hydrogens (primary N) is 1. The lowest BCUT2D eigenvalue weighted by Gasteiger charge is -2.17. The number of aryl methyl sites for hydroxylation is 1. The lowest BCUT2D eigenvalue weighted by Crippen LogP contribution is -2.24. The van der Waals surface area contributed by atoms with Crippen molar-refractivity contribution in [1.29, 1.82) is 0 Å². The van der Waals surface area contributed by atoms with E-state index in [1.807, 2.05) is 19.9 Å². The molecule has 0 fully saturated rings. The van der Waals surface area contributed by atoms with E-state index in [1.165, 1.54) is 5.69 Å². The van der Waals surface area contributed by atoms with Crippen molar-refractivity contribution >= 4 is 0 Å². The van der Waals surface area contributed by atoms with Crippen LogP contribution in [-0.2, 0) is 0 Å². The molecule has 0 spiro atoms. The van der Waals surface area contributed by atoms with Crippen LogP contribution in [0.5, 0.6) is 0 Å². The standard InChI is InChI=1S/C12H22N2O/c1-7(2)14-8(3)6-11(10(14)5)12(15)9(4)13/h6-7,9,12,15H,13H2,1-5H3. The van der Waals surface area contributed by atoms with E-state index in [0.717, 1.165) is 11.3 Å². The van der Waals surface area contributed by atoms with Crippen molar-refractivity contribution in [2.45, 2.75) is 52.8 Å². The fourth-order valence-corrected chi connectivity index (χ4v) is 2.18. The smallest absolute Gasteiger partial charge is 0.0955 e. The van der Waals surface area contributed by atoms with E-state index in [9.17, 15) is 5.11 Å². The maximum absolute atomic E-state index is 9.96. The van der Waals surface area contributed by atoms with Gasteiger partial charge in [-0.3, -0.25) is 0 Å². The van der Waals surface area contributed by atoms with E-state index >= 15 is 0 Å². The normalized spacial score (nSPS) is 15.7. The third kappa shape index (κ3) is 2.24. The summed E-state index contributed by atoms with van der Waals surface area (Å²) >= 11 is 0. The van der Waals surface area contributed by atoms with Gasteiger partial charge in [0.15, 0.2) is 0 Å². The van der Waals surface area contributed by atoms with Gasteiger partial charge < -0.3 is 15.4 Å². The average molecular weight is 210 g/mol. The van der Waals surface area contributed by atoms with E-state index in [1.54, 1.807) is 0 Å². The molecule has 3 nitrogen and oxygen atoms in total. The Kier molecular flexibility index (Phi) is 3.58. The Hall–Kier alpha value is -0.800. The molecule has 86 valence electrons. The predicted molar refractivity (Wildman–Crippen MR) is 62.9 cm³/mol. The number of hydrogen-bond donors (Lipinski definition) is 2. The Morgan fingerprint density at radius 2 is 1.80 bits per heavy atom. The van der Waals surface area contributed by atoms with Crippen LogP contribution in [0.3, 0.4) is 0 Å². The van der Waals surface area contributed by atoms with Crippen molar-refractivity contribution in [3.8, 4) is 0 Å². The first-order chi connectivity index (χ1) is 6.86. The lowest BCUT2D eigenvalue weighted by atomic mass is 10.0. The molecule has 3 heteroatoms. The highest BCUT2D eigenvalue weighted by Gasteiger charge is 2.19. The van der Waals surface area contributed by atoms with E-state index < -0.39 is 6.10 Å². The fourth-order valence-electron chi connectivity index (χ4n) is 2.18. The van der Waals surface area contributed by atoms with Gasteiger partial charge in [-0.15, -0.1) is 0 Å². The van der Waals surface area contributed by atoms with Crippen molar-refractivity contribution in [2.24, 2.45) is 5.73 Å². The van der Waals surface area contributed by atoms with Crippen LogP contribution in [0.2, 0.25) is 0 Å². The molecule has 0 saturated heterocycles. The second-order valence-corrected chi connectivity index (χ2v) is 4.59. The Bertz CT molecular complexity index is 340. The molecule has 1 rings (SSSR count). The molecule has 2 unspecified atom stereocenters. The summed E-state index contributed by atoms with van der Waals surface area (Å²) < 4.78 is 2.22. The van der Waals surface area contributed by atoms with Gasteiger partial charge in [0.25, 0.3) is 0 Å². The quantitative estimate of drug-likeness (QED) is 0.802. The molecule has 3 N–H and O–H groups in total. The van der Waals surface area contributed by atoms with Crippen LogP contribution in [0.25, 0.3) is 0 Å². The SMILES string of the molecule is Cc1cc(C(O)C(C)N)c(C)n1C(C)C. The zero-order valence-electron chi connectivity index (χ0n) is 10.3. The van der Waals surface area contributed by atoms with Crippen LogP contribution in [0, 0.1) is 13.8 Å². The van der Waals surface area contributed by atoms with Crippen molar-refractivity contribution in [3.05, 3.63) is 23.0 Å². The van der Waals surface area contributed by atoms with Gasteiger partial charge in [-0.05, 0) is 40.7 Å². The van der Waals surface area contributed by atoms with Crippen LogP contribution in [-0.4, -0.2) is 15.7 Å². The van der Waals surface area contributed by atoms with Crippen molar-refractivity contribution in [3.63, 3.8) is 0 Å². The zero-order valence-corrected chi connectivity index (χ0v) is 10.3. The van der Waals surface area contributed by atoms with Gasteiger partial charge in [0, 0.05) is 29.0 Å². The highest BCUT2D eigenvalue weighted by Crippen LogP contribution is 2.26. The minimum Gasteiger partial charge on any atom is -0.387 e. The van der Waals surface area contributed by atoms with E-state index in [4.69, 9.17) is 5.73 Å². The van der Waals surface area contributed by atoms with Crippen molar-refractivity contribution < 1.29 is 5.11 Å². The Morgan fingerprint density at radius 3 is 2.13 bits per heavy atom. The zero-order chi connectivity index (χ0) is 11.7. The summed E-state index contributed by atoms with van der Waals surface area (Å²) in [5, 5.41) is 9.96. The molecule has 1 aromatic rings. The summed E-state index contributed by atoms with van der Waals surface area (Å²) in [5.41, 5.74) is 8.96. The number of aliphatic hydroxyl groups excluding tert-OH is 1. The maximum Gasteiger partial charge on any atom is 0.0955 e. The van der Waals surface area contributed by atoms with Crippen LogP contribution in [0.15, 0.2) is 6.07 Å². The third-order valence-corrected chi connectivity index (χ3v) is 2.86.